The molecule has 0 fully saturated rings. The van der Waals surface area contributed by atoms with E-state index in [1.807, 2.05) is 0 Å². The van der Waals surface area contributed by atoms with E-state index in [1.165, 1.54) is 38.5 Å². The van der Waals surface area contributed by atoms with Gasteiger partial charge in [-0.25, -0.2) is 0 Å². The van der Waals surface area contributed by atoms with Crippen molar-refractivity contribution in [3.05, 3.63) is 70.8 Å². The van der Waals surface area contributed by atoms with Crippen LogP contribution in [0.4, 0.5) is 0 Å². The van der Waals surface area contributed by atoms with E-state index in [2.05, 4.69) is 76.2 Å². The topological polar surface area (TPSA) is 0 Å². The van der Waals surface area contributed by atoms with Crippen molar-refractivity contribution in [2.75, 3.05) is 0 Å². The van der Waals surface area contributed by atoms with Crippen LogP contribution in [0.2, 0.25) is 0 Å². The Balaban J connectivity index is 0.000000261. The van der Waals surface area contributed by atoms with E-state index in [4.69, 9.17) is 0 Å². The first-order valence-corrected chi connectivity index (χ1v) is 10.7. The summed E-state index contributed by atoms with van der Waals surface area (Å²) in [7, 11) is 0. The summed E-state index contributed by atoms with van der Waals surface area (Å²) in [4.78, 5) is 0. The molecule has 0 aromatic heterocycles. The van der Waals surface area contributed by atoms with Crippen molar-refractivity contribution in [1.82, 2.24) is 0 Å². The lowest BCUT2D eigenvalue weighted by atomic mass is 9.77. The van der Waals surface area contributed by atoms with E-state index >= 15 is 0 Å². The highest BCUT2D eigenvalue weighted by molar-refractivity contribution is 5.33. The van der Waals surface area contributed by atoms with Crippen LogP contribution in [0.5, 0.6) is 0 Å². The monoisotopic (exact) mass is 380 g/mol. The molecule has 2 aromatic rings. The first kappa shape index (κ1) is 24.5. The van der Waals surface area contributed by atoms with Gasteiger partial charge in [0, 0.05) is 0 Å². The van der Waals surface area contributed by atoms with Gasteiger partial charge in [0.15, 0.2) is 0 Å². The van der Waals surface area contributed by atoms with Crippen LogP contribution in [-0.4, -0.2) is 0 Å². The van der Waals surface area contributed by atoms with Crippen molar-refractivity contribution in [3.8, 4) is 0 Å². The quantitative estimate of drug-likeness (QED) is 0.490. The highest BCUT2D eigenvalue weighted by Crippen LogP contribution is 2.36. The van der Waals surface area contributed by atoms with Crippen molar-refractivity contribution in [1.29, 1.82) is 0 Å². The lowest BCUT2D eigenvalue weighted by molar-refractivity contribution is 0.343. The van der Waals surface area contributed by atoms with Crippen molar-refractivity contribution in [2.45, 2.75) is 87.0 Å². The summed E-state index contributed by atoms with van der Waals surface area (Å²) < 4.78 is 0. The maximum absolute atomic E-state index is 2.35. The molecule has 2 aliphatic rings. The van der Waals surface area contributed by atoms with E-state index in [0.29, 0.717) is 0 Å². The second-order valence-electron chi connectivity index (χ2n) is 8.96. The fourth-order valence-electron chi connectivity index (χ4n) is 4.78. The molecule has 2 aromatic carbocycles. The van der Waals surface area contributed by atoms with Crippen molar-refractivity contribution < 1.29 is 0 Å². The Hall–Kier alpha value is -1.56. The maximum Gasteiger partial charge on any atom is -0.0136 e. The van der Waals surface area contributed by atoms with Crippen LogP contribution < -0.4 is 0 Å². The minimum atomic E-state index is 0. The zero-order valence-corrected chi connectivity index (χ0v) is 17.2. The van der Waals surface area contributed by atoms with Crippen molar-refractivity contribution in [3.63, 3.8) is 0 Å². The van der Waals surface area contributed by atoms with Gasteiger partial charge in [0.05, 0.1) is 0 Å². The standard InChI is InChI=1S/2C13H18.2CH4/c1-10(2)12-9-5-7-11-6-3-4-8-13(11)12;1-10(2)12-8-7-11-5-3-4-6-13(11)9-12;;/h3-4,6,8,10,12H,5,7,9H2,1-2H3;3-6,10,12H,7-9H2,1-2H3;2*1H4. The average Bonchev–Trinajstić information content (AvgIpc) is 2.67. The van der Waals surface area contributed by atoms with Gasteiger partial charge in [-0.3, -0.25) is 0 Å². The summed E-state index contributed by atoms with van der Waals surface area (Å²) in [6.45, 7) is 9.37. The van der Waals surface area contributed by atoms with E-state index in [-0.39, 0.29) is 14.9 Å². The SMILES string of the molecule is C.C.CC(C)C1CCCc2ccccc21.CC(C)C1CCc2ccccc2C1. The average molecular weight is 381 g/mol. The van der Waals surface area contributed by atoms with Gasteiger partial charge in [0.25, 0.3) is 0 Å². The normalized spacial score (nSPS) is 20.1. The number of benzene rings is 2. The second-order valence-corrected chi connectivity index (χ2v) is 8.96. The van der Waals surface area contributed by atoms with Gasteiger partial charge in [0.2, 0.25) is 0 Å². The predicted molar refractivity (Wildman–Crippen MR) is 127 cm³/mol. The molecule has 2 aliphatic carbocycles. The Morgan fingerprint density at radius 3 is 1.93 bits per heavy atom. The molecule has 0 saturated carbocycles. The first-order chi connectivity index (χ1) is 12.6. The summed E-state index contributed by atoms with van der Waals surface area (Å²) >= 11 is 0. The maximum atomic E-state index is 2.35. The molecule has 2 atom stereocenters. The third-order valence-electron chi connectivity index (χ3n) is 6.55. The van der Waals surface area contributed by atoms with Gasteiger partial charge in [-0.1, -0.05) is 91.1 Å². The number of hydrogen-bond acceptors (Lipinski definition) is 0. The third-order valence-corrected chi connectivity index (χ3v) is 6.55. The Kier molecular flexibility index (Phi) is 10.0. The minimum Gasteiger partial charge on any atom is -0.0776 e. The number of hydrogen-bond donors (Lipinski definition) is 0. The third kappa shape index (κ3) is 5.97. The molecule has 0 nitrogen and oxygen atoms in total. The van der Waals surface area contributed by atoms with E-state index < -0.39 is 0 Å². The van der Waals surface area contributed by atoms with E-state index in [9.17, 15) is 0 Å². The molecular formula is C28H44. The van der Waals surface area contributed by atoms with Gasteiger partial charge < -0.3 is 0 Å². The summed E-state index contributed by atoms with van der Waals surface area (Å²) in [6, 6.07) is 17.9. The summed E-state index contributed by atoms with van der Waals surface area (Å²) in [5.74, 6) is 3.36. The van der Waals surface area contributed by atoms with Crippen LogP contribution in [-0.2, 0) is 19.3 Å². The zero-order chi connectivity index (χ0) is 18.5. The van der Waals surface area contributed by atoms with Gasteiger partial charge in [0.1, 0.15) is 0 Å². The Morgan fingerprint density at radius 2 is 1.29 bits per heavy atom. The molecule has 156 valence electrons. The Morgan fingerprint density at radius 1 is 0.679 bits per heavy atom. The Labute approximate surface area is 175 Å². The van der Waals surface area contributed by atoms with Crippen LogP contribution in [0.25, 0.3) is 0 Å². The first-order valence-electron chi connectivity index (χ1n) is 10.7. The minimum absolute atomic E-state index is 0. The van der Waals surface area contributed by atoms with E-state index in [0.717, 1.165) is 23.7 Å². The van der Waals surface area contributed by atoms with Gasteiger partial charge in [-0.2, -0.15) is 0 Å². The molecule has 0 heteroatoms. The molecule has 0 N–H and O–H groups in total. The molecule has 2 unspecified atom stereocenters. The zero-order valence-electron chi connectivity index (χ0n) is 17.2. The fraction of sp³-hybridized carbons (Fsp3) is 0.571. The van der Waals surface area contributed by atoms with Crippen molar-refractivity contribution >= 4 is 0 Å². The van der Waals surface area contributed by atoms with Gasteiger partial charge >= 0.3 is 0 Å². The van der Waals surface area contributed by atoms with Gasteiger partial charge in [-0.15, -0.1) is 0 Å². The van der Waals surface area contributed by atoms with Crippen LogP contribution >= 0.6 is 0 Å². The van der Waals surface area contributed by atoms with Crippen molar-refractivity contribution in [2.24, 2.45) is 17.8 Å². The predicted octanol–water partition coefficient (Wildman–Crippen LogP) is 8.48. The summed E-state index contributed by atoms with van der Waals surface area (Å²) in [6.07, 6.45) is 8.02. The van der Waals surface area contributed by atoms with E-state index in [1.54, 1.807) is 22.3 Å². The second kappa shape index (κ2) is 11.4. The molecule has 28 heavy (non-hydrogen) atoms. The summed E-state index contributed by atoms with van der Waals surface area (Å²) in [5, 5.41) is 0. The summed E-state index contributed by atoms with van der Waals surface area (Å²) in [5.41, 5.74) is 6.38. The lowest BCUT2D eigenvalue weighted by Crippen LogP contribution is -2.18. The highest BCUT2D eigenvalue weighted by Gasteiger charge is 2.22. The largest absolute Gasteiger partial charge is 0.0776 e. The van der Waals surface area contributed by atoms with Crippen LogP contribution in [0.1, 0.15) is 90.0 Å². The molecule has 0 amide bonds. The molecule has 4 rings (SSSR count). The number of rotatable bonds is 2. The van der Waals surface area contributed by atoms with Gasteiger partial charge in [-0.05, 0) is 84.5 Å². The molecule has 0 spiro atoms. The lowest BCUT2D eigenvalue weighted by Gasteiger charge is -2.28. The molecule has 0 heterocycles. The smallest absolute Gasteiger partial charge is 0.0136 e. The Bertz CT molecular complexity index is 695. The molecule has 0 aliphatic heterocycles. The number of fused-ring (bicyclic) bond motifs is 2. The molecule has 0 radical (unpaired) electrons. The fourth-order valence-corrected chi connectivity index (χ4v) is 4.78. The van der Waals surface area contributed by atoms with Crippen LogP contribution in [0.15, 0.2) is 48.5 Å². The number of aryl methyl sites for hydroxylation is 2. The molecule has 0 saturated heterocycles. The molecule has 0 bridgehead atoms. The van der Waals surface area contributed by atoms with Crippen LogP contribution in [0, 0.1) is 17.8 Å². The van der Waals surface area contributed by atoms with Crippen LogP contribution in [0.3, 0.4) is 0 Å². The molecular weight excluding hydrogens is 336 g/mol. The highest BCUT2D eigenvalue weighted by atomic mass is 14.3.